The highest BCUT2D eigenvalue weighted by atomic mass is 19.1. The van der Waals surface area contributed by atoms with Crippen LogP contribution in [0.1, 0.15) is 63.9 Å². The van der Waals surface area contributed by atoms with E-state index in [2.05, 4.69) is 46.3 Å². The Labute approximate surface area is 152 Å². The molecular formula is C20H32BFO3. The fourth-order valence-electron chi connectivity index (χ4n) is 3.13. The largest absolute Gasteiger partial charge is 0.465 e. The van der Waals surface area contributed by atoms with Crippen molar-refractivity contribution in [1.82, 2.24) is 0 Å². The molecule has 0 bridgehead atoms. The van der Waals surface area contributed by atoms with Crippen LogP contribution in [0.4, 0.5) is 4.39 Å². The molecule has 1 unspecified atom stereocenters. The number of carbonyl (C=O) groups excluding carboxylic acids is 1. The van der Waals surface area contributed by atoms with Crippen LogP contribution in [0.15, 0.2) is 12.1 Å². The summed E-state index contributed by atoms with van der Waals surface area (Å²) in [4.78, 5) is 11.7. The van der Waals surface area contributed by atoms with Crippen molar-refractivity contribution in [3.8, 4) is 0 Å². The second kappa shape index (κ2) is 7.90. The van der Waals surface area contributed by atoms with Gasteiger partial charge in [0.15, 0.2) is 0 Å². The maximum atomic E-state index is 14.4. The van der Waals surface area contributed by atoms with E-state index in [9.17, 15) is 9.18 Å². The Morgan fingerprint density at radius 1 is 1.28 bits per heavy atom. The molecule has 140 valence electrons. The number of esters is 1. The summed E-state index contributed by atoms with van der Waals surface area (Å²) in [6.45, 7) is 16.3. The Kier molecular flexibility index (Phi) is 6.85. The Morgan fingerprint density at radius 3 is 2.28 bits per heavy atom. The summed E-state index contributed by atoms with van der Waals surface area (Å²) in [7, 11) is 1.25. The number of ether oxygens (including phenoxy) is 1. The summed E-state index contributed by atoms with van der Waals surface area (Å²) in [6, 6.07) is 3.17. The number of halogens is 1. The van der Waals surface area contributed by atoms with E-state index in [1.807, 2.05) is 6.82 Å². The van der Waals surface area contributed by atoms with Crippen molar-refractivity contribution in [3.05, 3.63) is 29.1 Å². The quantitative estimate of drug-likeness (QED) is 0.532. The predicted molar refractivity (Wildman–Crippen MR) is 102 cm³/mol. The van der Waals surface area contributed by atoms with Gasteiger partial charge in [-0.25, -0.2) is 9.18 Å². The molecule has 0 heterocycles. The third-order valence-corrected chi connectivity index (χ3v) is 6.04. The van der Waals surface area contributed by atoms with Crippen molar-refractivity contribution < 1.29 is 18.6 Å². The molecule has 0 amide bonds. The van der Waals surface area contributed by atoms with Gasteiger partial charge in [0.25, 0.3) is 0 Å². The maximum absolute atomic E-state index is 14.4. The van der Waals surface area contributed by atoms with Gasteiger partial charge >= 0.3 is 12.9 Å². The van der Waals surface area contributed by atoms with Gasteiger partial charge in [-0.15, -0.1) is 0 Å². The SMILES string of the molecule is CCC(C)C(C)(C)C(C)(C)OB(C)c1cc(C)c(C(=O)OC)c(F)c1. The highest BCUT2D eigenvalue weighted by molar-refractivity contribution is 6.66. The lowest BCUT2D eigenvalue weighted by Gasteiger charge is -2.47. The molecule has 25 heavy (non-hydrogen) atoms. The van der Waals surface area contributed by atoms with Crippen LogP contribution in [0, 0.1) is 24.1 Å². The lowest BCUT2D eigenvalue weighted by atomic mass is 9.60. The lowest BCUT2D eigenvalue weighted by molar-refractivity contribution is -0.0451. The summed E-state index contributed by atoms with van der Waals surface area (Å²) in [5.74, 6) is -0.750. The molecule has 1 aromatic carbocycles. The minimum absolute atomic E-state index is 0.0161. The molecule has 0 fully saturated rings. The predicted octanol–water partition coefficient (Wildman–Crippen LogP) is 4.62. The van der Waals surface area contributed by atoms with Crippen molar-refractivity contribution in [3.63, 3.8) is 0 Å². The molecule has 0 saturated carbocycles. The first-order valence-corrected chi connectivity index (χ1v) is 8.95. The van der Waals surface area contributed by atoms with E-state index in [1.54, 1.807) is 13.0 Å². The molecule has 1 rings (SSSR count). The van der Waals surface area contributed by atoms with E-state index in [1.165, 1.54) is 13.2 Å². The van der Waals surface area contributed by atoms with Gasteiger partial charge in [-0.05, 0) is 49.2 Å². The molecule has 0 N–H and O–H groups in total. The number of rotatable bonds is 7. The fourth-order valence-corrected chi connectivity index (χ4v) is 3.13. The molecule has 0 aliphatic rings. The van der Waals surface area contributed by atoms with Crippen LogP contribution in [0.25, 0.3) is 0 Å². The van der Waals surface area contributed by atoms with Crippen LogP contribution < -0.4 is 5.46 Å². The van der Waals surface area contributed by atoms with E-state index in [0.29, 0.717) is 11.5 Å². The van der Waals surface area contributed by atoms with Gasteiger partial charge in [0.2, 0.25) is 0 Å². The average Bonchev–Trinajstić information content (AvgIpc) is 2.52. The Hall–Kier alpha value is -1.36. The Morgan fingerprint density at radius 2 is 1.84 bits per heavy atom. The number of benzene rings is 1. The van der Waals surface area contributed by atoms with Gasteiger partial charge in [-0.1, -0.05) is 47.0 Å². The Bertz CT molecular complexity index is 602. The average molecular weight is 350 g/mol. The van der Waals surface area contributed by atoms with Gasteiger partial charge in [0.1, 0.15) is 5.82 Å². The molecule has 0 aliphatic heterocycles. The fraction of sp³-hybridized carbons (Fsp3) is 0.650. The highest BCUT2D eigenvalue weighted by Gasteiger charge is 2.42. The summed E-state index contributed by atoms with van der Waals surface area (Å²) in [5.41, 5.74) is 0.813. The highest BCUT2D eigenvalue weighted by Crippen LogP contribution is 2.42. The van der Waals surface area contributed by atoms with E-state index in [-0.39, 0.29) is 17.9 Å². The third-order valence-electron chi connectivity index (χ3n) is 6.04. The molecular weight excluding hydrogens is 318 g/mol. The molecule has 0 aromatic heterocycles. The number of hydrogen-bond acceptors (Lipinski definition) is 3. The van der Waals surface area contributed by atoms with Gasteiger partial charge < -0.3 is 9.39 Å². The monoisotopic (exact) mass is 350 g/mol. The summed E-state index contributed by atoms with van der Waals surface area (Å²) < 4.78 is 25.4. The number of methoxy groups -OCH3 is 1. The first-order valence-electron chi connectivity index (χ1n) is 8.95. The van der Waals surface area contributed by atoms with Crippen molar-refractivity contribution >= 4 is 18.3 Å². The number of aryl methyl sites for hydroxylation is 1. The topological polar surface area (TPSA) is 35.5 Å². The molecule has 0 radical (unpaired) electrons. The summed E-state index contributed by atoms with van der Waals surface area (Å²) in [5, 5.41) is 0. The second-order valence-electron chi connectivity index (χ2n) is 7.99. The van der Waals surface area contributed by atoms with E-state index < -0.39 is 17.4 Å². The zero-order chi connectivity index (χ0) is 19.6. The number of hydrogen-bond donors (Lipinski definition) is 0. The molecule has 1 aromatic rings. The van der Waals surface area contributed by atoms with E-state index >= 15 is 0 Å². The minimum atomic E-state index is -0.659. The van der Waals surface area contributed by atoms with E-state index in [0.717, 1.165) is 11.9 Å². The zero-order valence-electron chi connectivity index (χ0n) is 17.1. The van der Waals surface area contributed by atoms with Crippen molar-refractivity contribution in [2.24, 2.45) is 11.3 Å². The number of carbonyl (C=O) groups is 1. The van der Waals surface area contributed by atoms with E-state index in [4.69, 9.17) is 4.65 Å². The first kappa shape index (κ1) is 21.7. The minimum Gasteiger partial charge on any atom is -0.465 e. The van der Waals surface area contributed by atoms with Gasteiger partial charge in [-0.2, -0.15) is 0 Å². The van der Waals surface area contributed by atoms with Crippen LogP contribution in [0.3, 0.4) is 0 Å². The van der Waals surface area contributed by atoms with Crippen molar-refractivity contribution in [1.29, 1.82) is 0 Å². The normalized spacial score (nSPS) is 13.5. The van der Waals surface area contributed by atoms with Crippen LogP contribution >= 0.6 is 0 Å². The second-order valence-corrected chi connectivity index (χ2v) is 7.99. The van der Waals surface area contributed by atoms with Crippen LogP contribution in [-0.2, 0) is 9.39 Å². The first-order chi connectivity index (χ1) is 11.4. The zero-order valence-corrected chi connectivity index (χ0v) is 17.1. The van der Waals surface area contributed by atoms with Gasteiger partial charge in [0, 0.05) is 0 Å². The smallest absolute Gasteiger partial charge is 0.341 e. The molecule has 1 atom stereocenters. The summed E-state index contributed by atoms with van der Waals surface area (Å²) >= 11 is 0. The molecule has 3 nitrogen and oxygen atoms in total. The maximum Gasteiger partial charge on any atom is 0.341 e. The molecule has 0 aliphatic carbocycles. The van der Waals surface area contributed by atoms with Gasteiger partial charge in [0.05, 0.1) is 18.3 Å². The van der Waals surface area contributed by atoms with Crippen LogP contribution in [0.5, 0.6) is 0 Å². The Balaban J connectivity index is 3.13. The molecule has 5 heteroatoms. The van der Waals surface area contributed by atoms with Crippen LogP contribution in [0.2, 0.25) is 6.82 Å². The van der Waals surface area contributed by atoms with Crippen LogP contribution in [-0.4, -0.2) is 25.6 Å². The molecule has 0 saturated heterocycles. The van der Waals surface area contributed by atoms with Crippen molar-refractivity contribution in [2.75, 3.05) is 7.11 Å². The molecule has 0 spiro atoms. The third kappa shape index (κ3) is 4.44. The van der Waals surface area contributed by atoms with Gasteiger partial charge in [-0.3, -0.25) is 0 Å². The van der Waals surface area contributed by atoms with Crippen molar-refractivity contribution in [2.45, 2.75) is 67.3 Å². The summed E-state index contributed by atoms with van der Waals surface area (Å²) in [6.07, 6.45) is 1.07. The lowest BCUT2D eigenvalue weighted by Crippen LogP contribution is -2.50. The standard InChI is InChI=1S/C20H32BFO3/c1-10-14(3)19(4,5)20(6,7)25-21(8)15-11-13(2)17(16(22)12-15)18(23)24-9/h11-12,14H,10H2,1-9H3.